The van der Waals surface area contributed by atoms with Gasteiger partial charge < -0.3 is 9.88 Å². The molecule has 1 saturated heterocycles. The Bertz CT molecular complexity index is 1180. The van der Waals surface area contributed by atoms with Crippen molar-refractivity contribution in [2.45, 2.75) is 6.04 Å². The van der Waals surface area contributed by atoms with Gasteiger partial charge in [-0.15, -0.1) is 0 Å². The molecule has 5 nitrogen and oxygen atoms in total. The van der Waals surface area contributed by atoms with E-state index in [1.54, 1.807) is 0 Å². The zero-order chi connectivity index (χ0) is 21.2. The highest BCUT2D eigenvalue weighted by atomic mass is 79.9. The fraction of sp³-hybridized carbons (Fsp3) is 0.200. The summed E-state index contributed by atoms with van der Waals surface area (Å²) in [5.41, 5.74) is 2.78. The van der Waals surface area contributed by atoms with Crippen LogP contribution in [0.15, 0.2) is 83.6 Å². The number of rotatable bonds is 5. The molecule has 0 aliphatic carbocycles. The minimum atomic E-state index is -0.305. The van der Waals surface area contributed by atoms with Crippen LogP contribution in [0.5, 0.6) is 0 Å². The van der Waals surface area contributed by atoms with Gasteiger partial charge in [0.15, 0.2) is 5.78 Å². The van der Waals surface area contributed by atoms with Gasteiger partial charge in [-0.2, -0.15) is 0 Å². The van der Waals surface area contributed by atoms with E-state index in [-0.39, 0.29) is 11.8 Å². The Morgan fingerprint density at radius 2 is 1.68 bits per heavy atom. The van der Waals surface area contributed by atoms with Crippen LogP contribution in [-0.2, 0) is 0 Å². The molecule has 1 atom stereocenters. The van der Waals surface area contributed by atoms with E-state index in [1.807, 2.05) is 67.0 Å². The van der Waals surface area contributed by atoms with E-state index < -0.39 is 0 Å². The predicted octanol–water partition coefficient (Wildman–Crippen LogP) is 5.07. The van der Waals surface area contributed by atoms with E-state index in [1.165, 1.54) is 0 Å². The van der Waals surface area contributed by atoms with Crippen LogP contribution in [0.3, 0.4) is 0 Å². The standard InChI is InChI=1S/C25H23BrN4O/c26-19-10-11-23(28-16-19)29-12-14-30(15-13-29)24(18-6-2-1-3-7-18)25(31)21-17-27-22-9-5-4-8-20(21)22/h1-11,16-17,24,27H,12-15H2. The lowest BCUT2D eigenvalue weighted by molar-refractivity contribution is 0.0808. The first-order valence-corrected chi connectivity index (χ1v) is 11.3. The quantitative estimate of drug-likeness (QED) is 0.410. The number of Topliss-reactive ketones (excluding diaryl/α,β-unsaturated/α-hetero) is 1. The molecule has 3 heterocycles. The number of nitrogens with one attached hydrogen (secondary N) is 1. The third kappa shape index (κ3) is 4.01. The smallest absolute Gasteiger partial charge is 0.186 e. The second-order valence-corrected chi connectivity index (χ2v) is 8.70. The van der Waals surface area contributed by atoms with Crippen molar-refractivity contribution < 1.29 is 4.79 Å². The summed E-state index contributed by atoms with van der Waals surface area (Å²) in [4.78, 5) is 26.2. The van der Waals surface area contributed by atoms with Crippen LogP contribution in [0.1, 0.15) is 22.0 Å². The van der Waals surface area contributed by atoms with Crippen LogP contribution in [0.4, 0.5) is 5.82 Å². The Balaban J connectivity index is 1.42. The monoisotopic (exact) mass is 474 g/mol. The number of H-pyrrole nitrogens is 1. The zero-order valence-corrected chi connectivity index (χ0v) is 18.6. The number of carbonyl (C=O) groups excluding carboxylic acids is 1. The van der Waals surface area contributed by atoms with Crippen LogP contribution >= 0.6 is 15.9 Å². The second kappa shape index (κ2) is 8.65. The number of hydrogen-bond acceptors (Lipinski definition) is 4. The number of fused-ring (bicyclic) bond motifs is 1. The first kappa shape index (κ1) is 20.0. The van der Waals surface area contributed by atoms with Crippen molar-refractivity contribution in [3.05, 3.63) is 94.7 Å². The van der Waals surface area contributed by atoms with Gasteiger partial charge in [0.05, 0.1) is 6.04 Å². The maximum absolute atomic E-state index is 13.8. The number of piperazine rings is 1. The van der Waals surface area contributed by atoms with E-state index in [9.17, 15) is 4.79 Å². The summed E-state index contributed by atoms with van der Waals surface area (Å²) >= 11 is 3.45. The molecule has 1 unspecified atom stereocenters. The first-order chi connectivity index (χ1) is 15.2. The molecule has 2 aromatic heterocycles. The number of aromatic nitrogens is 2. The van der Waals surface area contributed by atoms with Crippen LogP contribution in [0, 0.1) is 0 Å². The fourth-order valence-electron chi connectivity index (χ4n) is 4.35. The lowest BCUT2D eigenvalue weighted by Crippen LogP contribution is -2.49. The minimum absolute atomic E-state index is 0.138. The Kier molecular flexibility index (Phi) is 5.57. The van der Waals surface area contributed by atoms with E-state index in [0.717, 1.165) is 58.5 Å². The summed E-state index contributed by atoms with van der Waals surface area (Å²) in [6.07, 6.45) is 3.68. The number of pyridine rings is 1. The molecule has 1 aliphatic rings. The largest absolute Gasteiger partial charge is 0.360 e. The van der Waals surface area contributed by atoms with Crippen molar-refractivity contribution >= 4 is 38.4 Å². The number of nitrogens with zero attached hydrogens (tertiary/aromatic N) is 3. The Labute approximate surface area is 189 Å². The molecule has 0 saturated carbocycles. The highest BCUT2D eigenvalue weighted by Gasteiger charge is 2.32. The van der Waals surface area contributed by atoms with E-state index >= 15 is 0 Å². The highest BCUT2D eigenvalue weighted by Crippen LogP contribution is 2.30. The number of benzene rings is 2. The molecule has 6 heteroatoms. The van der Waals surface area contributed by atoms with Gasteiger partial charge in [0.1, 0.15) is 5.82 Å². The number of halogens is 1. The molecular weight excluding hydrogens is 452 g/mol. The van der Waals surface area contributed by atoms with Gasteiger partial charge in [0, 0.05) is 59.5 Å². The Morgan fingerprint density at radius 1 is 0.935 bits per heavy atom. The number of anilines is 1. The Hall–Kier alpha value is -2.96. The average Bonchev–Trinajstić information content (AvgIpc) is 3.25. The van der Waals surface area contributed by atoms with Gasteiger partial charge in [0.25, 0.3) is 0 Å². The van der Waals surface area contributed by atoms with Gasteiger partial charge in [-0.1, -0.05) is 48.5 Å². The second-order valence-electron chi connectivity index (χ2n) is 7.78. The lowest BCUT2D eigenvalue weighted by atomic mass is 9.95. The van der Waals surface area contributed by atoms with Crippen LogP contribution in [0.25, 0.3) is 10.9 Å². The third-order valence-electron chi connectivity index (χ3n) is 5.93. The number of ketones is 1. The summed E-state index contributed by atoms with van der Waals surface area (Å²) in [6, 6.07) is 21.8. The topological polar surface area (TPSA) is 52.2 Å². The average molecular weight is 475 g/mol. The molecule has 0 spiro atoms. The third-order valence-corrected chi connectivity index (χ3v) is 6.40. The SMILES string of the molecule is O=C(c1c[nH]c2ccccc12)C(c1ccccc1)N1CCN(c2ccc(Br)cn2)CC1. The predicted molar refractivity (Wildman–Crippen MR) is 128 cm³/mol. The van der Waals surface area contributed by atoms with E-state index in [2.05, 4.69) is 47.8 Å². The maximum atomic E-state index is 13.8. The van der Waals surface area contributed by atoms with Gasteiger partial charge in [0.2, 0.25) is 0 Å². The summed E-state index contributed by atoms with van der Waals surface area (Å²) in [6.45, 7) is 3.26. The lowest BCUT2D eigenvalue weighted by Gasteiger charge is -2.39. The molecule has 1 aliphatic heterocycles. The summed E-state index contributed by atoms with van der Waals surface area (Å²) in [5.74, 6) is 1.11. The molecular formula is C25H23BrN4O. The van der Waals surface area contributed by atoms with Gasteiger partial charge >= 0.3 is 0 Å². The van der Waals surface area contributed by atoms with Gasteiger partial charge in [-0.05, 0) is 39.7 Å². The van der Waals surface area contributed by atoms with E-state index in [4.69, 9.17) is 0 Å². The van der Waals surface area contributed by atoms with Crippen molar-refractivity contribution in [3.8, 4) is 0 Å². The zero-order valence-electron chi connectivity index (χ0n) is 17.0. The maximum Gasteiger partial charge on any atom is 0.186 e. The van der Waals surface area contributed by atoms with Crippen molar-refractivity contribution in [2.24, 2.45) is 0 Å². The van der Waals surface area contributed by atoms with E-state index in [0.29, 0.717) is 0 Å². The first-order valence-electron chi connectivity index (χ1n) is 10.5. The number of carbonyl (C=O) groups is 1. The molecule has 1 N–H and O–H groups in total. The number of hydrogen-bond donors (Lipinski definition) is 1. The molecule has 5 rings (SSSR count). The highest BCUT2D eigenvalue weighted by molar-refractivity contribution is 9.10. The molecule has 31 heavy (non-hydrogen) atoms. The van der Waals surface area contributed by atoms with Crippen LogP contribution < -0.4 is 4.90 Å². The molecule has 1 fully saturated rings. The molecule has 0 radical (unpaired) electrons. The van der Waals surface area contributed by atoms with Gasteiger partial charge in [-0.25, -0.2) is 4.98 Å². The number of aromatic amines is 1. The minimum Gasteiger partial charge on any atom is -0.360 e. The summed E-state index contributed by atoms with van der Waals surface area (Å²) < 4.78 is 0.975. The summed E-state index contributed by atoms with van der Waals surface area (Å²) in [7, 11) is 0. The molecule has 2 aromatic carbocycles. The van der Waals surface area contributed by atoms with Gasteiger partial charge in [-0.3, -0.25) is 9.69 Å². The fourth-order valence-corrected chi connectivity index (χ4v) is 4.58. The van der Waals surface area contributed by atoms with Crippen molar-refractivity contribution in [1.29, 1.82) is 0 Å². The normalized spacial score (nSPS) is 15.8. The summed E-state index contributed by atoms with van der Waals surface area (Å²) in [5, 5.41) is 0.978. The molecule has 156 valence electrons. The van der Waals surface area contributed by atoms with Crippen molar-refractivity contribution in [3.63, 3.8) is 0 Å². The molecule has 0 bridgehead atoms. The van der Waals surface area contributed by atoms with Crippen molar-refractivity contribution in [2.75, 3.05) is 31.1 Å². The Morgan fingerprint density at radius 3 is 2.42 bits per heavy atom. The molecule has 4 aromatic rings. The molecule has 0 amide bonds. The number of para-hydroxylation sites is 1. The van der Waals surface area contributed by atoms with Crippen LogP contribution in [0.2, 0.25) is 0 Å². The van der Waals surface area contributed by atoms with Crippen molar-refractivity contribution in [1.82, 2.24) is 14.9 Å². The van der Waals surface area contributed by atoms with Crippen LogP contribution in [-0.4, -0.2) is 46.8 Å².